The van der Waals surface area contributed by atoms with Crippen LogP contribution in [-0.4, -0.2) is 13.7 Å². The zero-order valence-corrected chi connectivity index (χ0v) is 18.9. The van der Waals surface area contributed by atoms with Crippen LogP contribution in [0.3, 0.4) is 0 Å². The van der Waals surface area contributed by atoms with Crippen LogP contribution < -0.4 is 4.72 Å². The average molecular weight is 437 g/mol. The fraction of sp³-hybridized carbons (Fsp3) is 0.240. The van der Waals surface area contributed by atoms with E-state index in [-0.39, 0.29) is 5.92 Å². The maximum Gasteiger partial charge on any atom is 0.261 e. The Morgan fingerprint density at radius 2 is 1.87 bits per heavy atom. The Bertz CT molecular complexity index is 1200. The Morgan fingerprint density at radius 1 is 1.10 bits per heavy atom. The van der Waals surface area contributed by atoms with E-state index in [1.807, 2.05) is 31.2 Å². The van der Waals surface area contributed by atoms with Gasteiger partial charge < -0.3 is 0 Å². The van der Waals surface area contributed by atoms with E-state index < -0.39 is 10.0 Å². The van der Waals surface area contributed by atoms with Gasteiger partial charge in [0.2, 0.25) is 0 Å². The van der Waals surface area contributed by atoms with Gasteiger partial charge in [0.05, 0.1) is 17.5 Å². The molecule has 5 heteroatoms. The van der Waals surface area contributed by atoms with Crippen LogP contribution in [0.15, 0.2) is 82.2 Å². The third kappa shape index (κ3) is 4.23. The molecule has 0 bridgehead atoms. The van der Waals surface area contributed by atoms with Gasteiger partial charge in [-0.2, -0.15) is 0 Å². The summed E-state index contributed by atoms with van der Waals surface area (Å²) in [5.41, 5.74) is 2.78. The van der Waals surface area contributed by atoms with Gasteiger partial charge in [0.1, 0.15) is 5.92 Å². The van der Waals surface area contributed by atoms with Crippen LogP contribution in [0.25, 0.3) is 10.8 Å². The summed E-state index contributed by atoms with van der Waals surface area (Å²) in [5.74, 6) is 0.129. The zero-order valence-electron chi connectivity index (χ0n) is 17.3. The number of sulfonamides is 1. The van der Waals surface area contributed by atoms with E-state index in [0.717, 1.165) is 27.7 Å². The maximum absolute atomic E-state index is 13.2. The molecule has 0 spiro atoms. The van der Waals surface area contributed by atoms with E-state index >= 15 is 0 Å². The number of thioether (sulfide) groups is 1. The van der Waals surface area contributed by atoms with Gasteiger partial charge in [-0.15, -0.1) is 11.8 Å². The second kappa shape index (κ2) is 8.40. The SMILES string of the molecule is [CH2+]C1CC=C(S(=O)(=O)Nc2cc(S[C@@H]3C=CC=CC3)c(C)c3ccccc23)C=C1C. The predicted octanol–water partition coefficient (Wildman–Crippen LogP) is 6.55. The van der Waals surface area contributed by atoms with E-state index in [0.29, 0.717) is 22.3 Å². The Balaban J connectivity index is 1.74. The minimum Gasteiger partial charge on any atom is -0.279 e. The van der Waals surface area contributed by atoms with Gasteiger partial charge in [0.15, 0.2) is 0 Å². The van der Waals surface area contributed by atoms with Crippen LogP contribution in [0.4, 0.5) is 5.69 Å². The number of rotatable bonds is 5. The van der Waals surface area contributed by atoms with Crippen molar-refractivity contribution < 1.29 is 8.42 Å². The van der Waals surface area contributed by atoms with Crippen LogP contribution in [0.5, 0.6) is 0 Å². The van der Waals surface area contributed by atoms with Gasteiger partial charge in [-0.05, 0) is 48.9 Å². The molecule has 2 aliphatic carbocycles. The molecule has 0 amide bonds. The number of allylic oxidation sites excluding steroid dienone is 6. The van der Waals surface area contributed by atoms with Crippen molar-refractivity contribution in [1.82, 2.24) is 0 Å². The highest BCUT2D eigenvalue weighted by molar-refractivity contribution is 8.00. The smallest absolute Gasteiger partial charge is 0.261 e. The molecular weight excluding hydrogens is 410 g/mol. The Kier molecular flexibility index (Phi) is 5.85. The van der Waals surface area contributed by atoms with Crippen LogP contribution in [0, 0.1) is 19.8 Å². The second-order valence-electron chi connectivity index (χ2n) is 7.83. The molecule has 2 atom stereocenters. The summed E-state index contributed by atoms with van der Waals surface area (Å²) in [7, 11) is -3.67. The quantitative estimate of drug-likeness (QED) is 0.541. The van der Waals surface area contributed by atoms with Gasteiger partial charge in [-0.3, -0.25) is 4.72 Å². The predicted molar refractivity (Wildman–Crippen MR) is 129 cm³/mol. The number of hydrogen-bond donors (Lipinski definition) is 1. The first kappa shape index (κ1) is 20.9. The molecule has 0 fully saturated rings. The van der Waals surface area contributed by atoms with Gasteiger partial charge in [-0.25, -0.2) is 8.42 Å². The minimum atomic E-state index is -3.67. The zero-order chi connectivity index (χ0) is 21.3. The Hall–Kier alpha value is -2.37. The maximum atomic E-state index is 13.2. The van der Waals surface area contributed by atoms with Gasteiger partial charge in [0.25, 0.3) is 10.0 Å². The van der Waals surface area contributed by atoms with Crippen molar-refractivity contribution in [1.29, 1.82) is 0 Å². The van der Waals surface area contributed by atoms with Crippen LogP contribution in [0.2, 0.25) is 0 Å². The number of benzene rings is 2. The summed E-state index contributed by atoms with van der Waals surface area (Å²) in [6.45, 7) is 8.10. The molecule has 154 valence electrons. The van der Waals surface area contributed by atoms with E-state index in [1.165, 1.54) is 5.56 Å². The molecule has 2 aromatic rings. The first-order valence-electron chi connectivity index (χ1n) is 10.1. The molecule has 1 unspecified atom stereocenters. The summed E-state index contributed by atoms with van der Waals surface area (Å²) in [4.78, 5) is 1.41. The highest BCUT2D eigenvalue weighted by atomic mass is 32.2. The first-order valence-corrected chi connectivity index (χ1v) is 12.5. The van der Waals surface area contributed by atoms with E-state index in [9.17, 15) is 8.42 Å². The Morgan fingerprint density at radius 3 is 2.57 bits per heavy atom. The molecule has 2 aliphatic rings. The molecule has 0 aliphatic heterocycles. The van der Waals surface area contributed by atoms with E-state index in [1.54, 1.807) is 23.9 Å². The van der Waals surface area contributed by atoms with Crippen molar-refractivity contribution in [3.63, 3.8) is 0 Å². The van der Waals surface area contributed by atoms with Gasteiger partial charge in [-0.1, -0.05) is 54.6 Å². The topological polar surface area (TPSA) is 46.2 Å². The molecule has 0 heterocycles. The Labute approximate surface area is 183 Å². The summed E-state index contributed by atoms with van der Waals surface area (Å²) < 4.78 is 29.2. The number of anilines is 1. The number of nitrogens with one attached hydrogen (secondary N) is 1. The summed E-state index contributed by atoms with van der Waals surface area (Å²) in [6, 6.07) is 9.95. The largest absolute Gasteiger partial charge is 0.279 e. The van der Waals surface area contributed by atoms with Crippen molar-refractivity contribution in [2.75, 3.05) is 4.72 Å². The molecule has 2 aromatic carbocycles. The summed E-state index contributed by atoms with van der Waals surface area (Å²) in [5, 5.41) is 2.33. The number of aryl methyl sites for hydroxylation is 1. The fourth-order valence-corrected chi connectivity index (χ4v) is 6.15. The molecule has 0 aromatic heterocycles. The average Bonchev–Trinajstić information content (AvgIpc) is 2.74. The van der Waals surface area contributed by atoms with Crippen molar-refractivity contribution >= 4 is 38.2 Å². The molecule has 0 saturated heterocycles. The molecule has 0 radical (unpaired) electrons. The number of hydrogen-bond acceptors (Lipinski definition) is 3. The molecule has 4 rings (SSSR count). The van der Waals surface area contributed by atoms with Crippen molar-refractivity contribution in [2.45, 2.75) is 36.8 Å². The van der Waals surface area contributed by atoms with E-state index in [2.05, 4.69) is 48.9 Å². The monoisotopic (exact) mass is 436 g/mol. The lowest BCUT2D eigenvalue weighted by Gasteiger charge is -2.20. The van der Waals surface area contributed by atoms with Crippen LogP contribution >= 0.6 is 11.8 Å². The van der Waals surface area contributed by atoms with Crippen molar-refractivity contribution in [2.24, 2.45) is 5.92 Å². The molecule has 1 N–H and O–H groups in total. The fourth-order valence-electron chi connectivity index (χ4n) is 3.75. The highest BCUT2D eigenvalue weighted by Crippen LogP contribution is 2.39. The summed E-state index contributed by atoms with van der Waals surface area (Å²) in [6.07, 6.45) is 13.6. The highest BCUT2D eigenvalue weighted by Gasteiger charge is 2.24. The minimum absolute atomic E-state index is 0.129. The van der Waals surface area contributed by atoms with Crippen LogP contribution in [-0.2, 0) is 10.0 Å². The number of fused-ring (bicyclic) bond motifs is 1. The standard InChI is InChI=1S/C25H26NO2S2/c1-17-13-14-21(15-18(17)2)30(27,28)26-24-16-25(29-20-9-5-4-6-10-20)19(3)22-11-7-8-12-23(22)24/h4-9,11-12,14-17,20,26H,1,10,13H2,2-3H3/q+1/t17?,20-/m1/s1. The third-order valence-corrected chi connectivity index (χ3v) is 8.38. The van der Waals surface area contributed by atoms with Crippen molar-refractivity contribution in [3.8, 4) is 0 Å². The molecule has 30 heavy (non-hydrogen) atoms. The second-order valence-corrected chi connectivity index (χ2v) is 10.8. The van der Waals surface area contributed by atoms with Crippen molar-refractivity contribution in [3.05, 3.63) is 89.8 Å². The van der Waals surface area contributed by atoms with Crippen LogP contribution in [0.1, 0.15) is 25.3 Å². The lowest BCUT2D eigenvalue weighted by molar-refractivity contribution is 0.606. The van der Waals surface area contributed by atoms with Gasteiger partial charge >= 0.3 is 0 Å². The van der Waals surface area contributed by atoms with E-state index in [4.69, 9.17) is 0 Å². The first-order chi connectivity index (χ1) is 14.3. The lowest BCUT2D eigenvalue weighted by atomic mass is 9.95. The molecule has 3 nitrogen and oxygen atoms in total. The van der Waals surface area contributed by atoms with Gasteiger partial charge in [0, 0.05) is 22.0 Å². The molecule has 0 saturated carbocycles. The third-order valence-electron chi connectivity index (χ3n) is 5.66. The summed E-state index contributed by atoms with van der Waals surface area (Å²) >= 11 is 1.77. The molecular formula is C25H26NO2S2+. The lowest BCUT2D eigenvalue weighted by Crippen LogP contribution is -2.17. The normalized spacial score (nSPS) is 21.4.